The van der Waals surface area contributed by atoms with Gasteiger partial charge in [0.2, 0.25) is 0 Å². The minimum atomic E-state index is 0.442. The Hall–Kier alpha value is -1.88. The van der Waals surface area contributed by atoms with Gasteiger partial charge in [-0.2, -0.15) is 0 Å². The molecule has 1 aliphatic rings. The zero-order valence-corrected chi connectivity index (χ0v) is 11.0. The largest absolute Gasteiger partial charge is 0.466 e. The molecular formula is C13H13N3OS. The van der Waals surface area contributed by atoms with Crippen molar-refractivity contribution in [3.63, 3.8) is 0 Å². The van der Waals surface area contributed by atoms with Crippen LogP contribution in [0.2, 0.25) is 0 Å². The maximum atomic E-state index is 5.35. The molecule has 1 aliphatic heterocycles. The average molecular weight is 259 g/mol. The van der Waals surface area contributed by atoms with Gasteiger partial charge in [0, 0.05) is 17.4 Å². The summed E-state index contributed by atoms with van der Waals surface area (Å²) < 4.78 is 7.36. The van der Waals surface area contributed by atoms with E-state index in [1.165, 1.54) is 0 Å². The minimum absolute atomic E-state index is 0.442. The molecule has 0 fully saturated rings. The summed E-state index contributed by atoms with van der Waals surface area (Å²) in [5.74, 6) is 0. The second-order valence-electron chi connectivity index (χ2n) is 4.42. The van der Waals surface area contributed by atoms with Gasteiger partial charge < -0.3 is 14.6 Å². The fraction of sp³-hybridized carbons (Fsp3) is 0.231. The number of ether oxygens (including phenoxy) is 1. The lowest BCUT2D eigenvalue weighted by molar-refractivity contribution is 0.294. The van der Waals surface area contributed by atoms with Gasteiger partial charge in [0.25, 0.3) is 5.17 Å². The summed E-state index contributed by atoms with van der Waals surface area (Å²) in [5.41, 5.74) is 5.42. The van der Waals surface area contributed by atoms with E-state index in [-0.39, 0.29) is 0 Å². The van der Waals surface area contributed by atoms with Crippen LogP contribution in [0.5, 0.6) is 0 Å². The third kappa shape index (κ3) is 1.86. The minimum Gasteiger partial charge on any atom is -0.466 e. The smallest absolute Gasteiger partial charge is 0.261 e. The molecule has 18 heavy (non-hydrogen) atoms. The maximum absolute atomic E-state index is 5.35. The van der Waals surface area contributed by atoms with Crippen LogP contribution in [0.3, 0.4) is 0 Å². The van der Waals surface area contributed by atoms with Crippen molar-refractivity contribution in [3.05, 3.63) is 41.5 Å². The quantitative estimate of drug-likeness (QED) is 0.799. The summed E-state index contributed by atoms with van der Waals surface area (Å²) in [6.07, 6.45) is 3.82. The highest BCUT2D eigenvalue weighted by atomic mass is 32.1. The Labute approximate surface area is 111 Å². The first-order chi connectivity index (χ1) is 8.63. The number of imidazole rings is 1. The van der Waals surface area contributed by atoms with E-state index in [0.717, 1.165) is 28.2 Å². The Bertz CT molecular complexity index is 633. The van der Waals surface area contributed by atoms with E-state index in [2.05, 4.69) is 29.4 Å². The van der Waals surface area contributed by atoms with Crippen LogP contribution < -0.4 is 5.32 Å². The van der Waals surface area contributed by atoms with Crippen molar-refractivity contribution in [2.75, 3.05) is 5.32 Å². The van der Waals surface area contributed by atoms with Crippen LogP contribution in [0.15, 0.2) is 24.7 Å². The molecule has 0 radical (unpaired) electrons. The van der Waals surface area contributed by atoms with Crippen LogP contribution in [-0.2, 0) is 11.3 Å². The molecular weight excluding hydrogens is 246 g/mol. The SMILES string of the molecule is Cc1cn(-c2cc(C)c3c(c2)COC(=S)N3)cn1. The Morgan fingerprint density at radius 1 is 1.39 bits per heavy atom. The molecule has 0 saturated carbocycles. The number of rotatable bonds is 1. The van der Waals surface area contributed by atoms with Crippen molar-refractivity contribution in [1.82, 2.24) is 9.55 Å². The predicted octanol–water partition coefficient (Wildman–Crippen LogP) is 2.72. The second-order valence-corrected chi connectivity index (χ2v) is 4.79. The Balaban J connectivity index is 2.09. The highest BCUT2D eigenvalue weighted by Crippen LogP contribution is 2.28. The molecule has 2 heterocycles. The van der Waals surface area contributed by atoms with Crippen molar-refractivity contribution < 1.29 is 4.74 Å². The molecule has 0 saturated heterocycles. The second kappa shape index (κ2) is 4.10. The normalized spacial score (nSPS) is 13.8. The van der Waals surface area contributed by atoms with Crippen LogP contribution in [0.1, 0.15) is 16.8 Å². The number of hydrogen-bond acceptors (Lipinski definition) is 3. The number of nitrogens with one attached hydrogen (secondary N) is 1. The molecule has 4 nitrogen and oxygen atoms in total. The lowest BCUT2D eigenvalue weighted by Gasteiger charge is -2.22. The molecule has 92 valence electrons. The van der Waals surface area contributed by atoms with Crippen molar-refractivity contribution in [3.8, 4) is 5.69 Å². The van der Waals surface area contributed by atoms with Gasteiger partial charge in [0.15, 0.2) is 0 Å². The standard InChI is InChI=1S/C13H13N3OS/c1-8-3-11(16-5-9(2)14-7-16)4-10-6-17-13(18)15-12(8)10/h3-5,7H,6H2,1-2H3,(H,15,18). The molecule has 1 aromatic heterocycles. The molecule has 0 spiro atoms. The summed E-state index contributed by atoms with van der Waals surface area (Å²) in [5, 5.41) is 3.54. The highest BCUT2D eigenvalue weighted by Gasteiger charge is 2.16. The Kier molecular flexibility index (Phi) is 2.56. The lowest BCUT2D eigenvalue weighted by Crippen LogP contribution is -2.21. The molecule has 0 unspecified atom stereocenters. The summed E-state index contributed by atoms with van der Waals surface area (Å²) in [6, 6.07) is 4.21. The van der Waals surface area contributed by atoms with Crippen molar-refractivity contribution in [2.45, 2.75) is 20.5 Å². The molecule has 2 aromatic rings. The molecule has 0 amide bonds. The number of nitrogens with zero attached hydrogens (tertiary/aromatic N) is 2. The summed E-state index contributed by atoms with van der Waals surface area (Å²) in [4.78, 5) is 4.24. The van der Waals surface area contributed by atoms with Gasteiger partial charge in [-0.15, -0.1) is 0 Å². The number of hydrogen-bond donors (Lipinski definition) is 1. The molecule has 0 aliphatic carbocycles. The van der Waals surface area contributed by atoms with Crippen LogP contribution in [-0.4, -0.2) is 14.7 Å². The zero-order valence-electron chi connectivity index (χ0n) is 10.2. The van der Waals surface area contributed by atoms with Crippen LogP contribution in [0.4, 0.5) is 5.69 Å². The Morgan fingerprint density at radius 2 is 2.22 bits per heavy atom. The third-order valence-corrected chi connectivity index (χ3v) is 3.22. The molecule has 0 atom stereocenters. The predicted molar refractivity (Wildman–Crippen MR) is 74.0 cm³/mol. The molecule has 1 aromatic carbocycles. The van der Waals surface area contributed by atoms with Crippen LogP contribution in [0.25, 0.3) is 5.69 Å². The fourth-order valence-corrected chi connectivity index (χ4v) is 2.29. The van der Waals surface area contributed by atoms with E-state index in [1.54, 1.807) is 0 Å². The third-order valence-electron chi connectivity index (χ3n) is 3.00. The van der Waals surface area contributed by atoms with E-state index in [0.29, 0.717) is 11.8 Å². The summed E-state index contributed by atoms with van der Waals surface area (Å²) in [7, 11) is 0. The fourth-order valence-electron chi connectivity index (χ4n) is 2.13. The van der Waals surface area contributed by atoms with Crippen LogP contribution in [0, 0.1) is 13.8 Å². The molecule has 0 bridgehead atoms. The molecule has 5 heteroatoms. The monoisotopic (exact) mass is 259 g/mol. The van der Waals surface area contributed by atoms with Gasteiger partial charge in [0.05, 0.1) is 17.7 Å². The molecule has 3 rings (SSSR count). The van der Waals surface area contributed by atoms with E-state index < -0.39 is 0 Å². The topological polar surface area (TPSA) is 39.1 Å². The molecule has 1 N–H and O–H groups in total. The first-order valence-electron chi connectivity index (χ1n) is 5.72. The van der Waals surface area contributed by atoms with Gasteiger partial charge in [0.1, 0.15) is 6.61 Å². The highest BCUT2D eigenvalue weighted by molar-refractivity contribution is 7.80. The van der Waals surface area contributed by atoms with Gasteiger partial charge >= 0.3 is 0 Å². The Morgan fingerprint density at radius 3 is 2.94 bits per heavy atom. The first-order valence-corrected chi connectivity index (χ1v) is 6.12. The van der Waals surface area contributed by atoms with Gasteiger partial charge in [-0.3, -0.25) is 0 Å². The van der Waals surface area contributed by atoms with Gasteiger partial charge in [-0.05, 0) is 43.8 Å². The van der Waals surface area contributed by atoms with E-state index in [4.69, 9.17) is 17.0 Å². The van der Waals surface area contributed by atoms with Gasteiger partial charge in [-0.25, -0.2) is 4.98 Å². The van der Waals surface area contributed by atoms with E-state index in [1.807, 2.05) is 24.0 Å². The van der Waals surface area contributed by atoms with Gasteiger partial charge in [-0.1, -0.05) is 0 Å². The summed E-state index contributed by atoms with van der Waals surface area (Å²) >= 11 is 5.02. The van der Waals surface area contributed by atoms with Crippen molar-refractivity contribution >= 4 is 23.1 Å². The average Bonchev–Trinajstić information content (AvgIpc) is 2.77. The summed E-state index contributed by atoms with van der Waals surface area (Å²) in [6.45, 7) is 4.56. The zero-order chi connectivity index (χ0) is 12.7. The number of anilines is 1. The number of aromatic nitrogens is 2. The number of benzene rings is 1. The van der Waals surface area contributed by atoms with Crippen molar-refractivity contribution in [2.24, 2.45) is 0 Å². The van der Waals surface area contributed by atoms with Crippen LogP contribution >= 0.6 is 12.2 Å². The van der Waals surface area contributed by atoms with Crippen molar-refractivity contribution in [1.29, 1.82) is 0 Å². The number of aryl methyl sites for hydroxylation is 2. The number of thiocarbonyl (C=S) groups is 1. The first kappa shape index (κ1) is 11.2. The lowest BCUT2D eigenvalue weighted by atomic mass is 10.1. The number of fused-ring (bicyclic) bond motifs is 1. The van der Waals surface area contributed by atoms with E-state index >= 15 is 0 Å². The van der Waals surface area contributed by atoms with E-state index in [9.17, 15) is 0 Å². The maximum Gasteiger partial charge on any atom is 0.261 e.